The number of H-pyrrole nitrogens is 1. The highest BCUT2D eigenvalue weighted by Gasteiger charge is 2.18. The van der Waals surface area contributed by atoms with Crippen LogP contribution < -0.4 is 16.2 Å². The SMILES string of the molecule is Cn1cc(-c2nnc(Nc3ccc4[nH]ncc4c3Cl)s2)cc(NC(=O)C(O)CO)c1=O. The molecule has 3 heterocycles. The van der Waals surface area contributed by atoms with Crippen molar-refractivity contribution in [2.45, 2.75) is 6.10 Å². The Kier molecular flexibility index (Phi) is 5.69. The molecular formula is C18H16ClN7O4S. The number of hydrogen-bond acceptors (Lipinski definition) is 9. The summed E-state index contributed by atoms with van der Waals surface area (Å²) in [6.45, 7) is -0.759. The summed E-state index contributed by atoms with van der Waals surface area (Å²) in [5.74, 6) is -0.888. The number of fused-ring (bicyclic) bond motifs is 1. The van der Waals surface area contributed by atoms with Gasteiger partial charge in [0.15, 0.2) is 11.1 Å². The summed E-state index contributed by atoms with van der Waals surface area (Å²) in [4.78, 5) is 24.1. The van der Waals surface area contributed by atoms with Gasteiger partial charge < -0.3 is 25.4 Å². The molecule has 1 aromatic carbocycles. The number of aromatic nitrogens is 5. The standard InChI is InChI=1S/C18H16ClN7O4S/c1-26-6-8(4-12(17(26)30)21-15(29)13(28)7-27)16-24-25-18(31-16)22-11-3-2-10-9(14(11)19)5-20-23-10/h2-6,13,27-28H,7H2,1H3,(H,20,23)(H,21,29)(H,22,25). The van der Waals surface area contributed by atoms with Gasteiger partial charge in [-0.05, 0) is 18.2 Å². The van der Waals surface area contributed by atoms with E-state index in [2.05, 4.69) is 31.0 Å². The van der Waals surface area contributed by atoms with Crippen molar-refractivity contribution in [1.29, 1.82) is 0 Å². The van der Waals surface area contributed by atoms with Crippen molar-refractivity contribution >= 4 is 56.3 Å². The second kappa shape index (κ2) is 8.43. The minimum Gasteiger partial charge on any atom is -0.393 e. The van der Waals surface area contributed by atoms with Crippen molar-refractivity contribution < 1.29 is 15.0 Å². The molecule has 1 atom stereocenters. The molecule has 0 spiro atoms. The fourth-order valence-electron chi connectivity index (χ4n) is 2.80. The van der Waals surface area contributed by atoms with Crippen molar-refractivity contribution in [3.05, 3.63) is 46.0 Å². The van der Waals surface area contributed by atoms with E-state index in [4.69, 9.17) is 16.7 Å². The number of hydrogen-bond donors (Lipinski definition) is 5. The predicted octanol–water partition coefficient (Wildman–Crippen LogP) is 1.47. The minimum atomic E-state index is -1.64. The van der Waals surface area contributed by atoms with Crippen LogP contribution in [0.15, 0.2) is 35.4 Å². The molecule has 4 aromatic rings. The number of carbonyl (C=O) groups is 1. The summed E-state index contributed by atoms with van der Waals surface area (Å²) in [5.41, 5.74) is 1.42. The highest BCUT2D eigenvalue weighted by molar-refractivity contribution is 7.18. The highest BCUT2D eigenvalue weighted by atomic mass is 35.5. The number of aryl methyl sites for hydroxylation is 1. The van der Waals surface area contributed by atoms with Gasteiger partial charge >= 0.3 is 0 Å². The maximum atomic E-state index is 12.3. The molecular weight excluding hydrogens is 446 g/mol. The number of aliphatic hydroxyl groups excluding tert-OH is 2. The lowest BCUT2D eigenvalue weighted by Crippen LogP contribution is -2.33. The van der Waals surface area contributed by atoms with E-state index >= 15 is 0 Å². The molecule has 3 aromatic heterocycles. The molecule has 31 heavy (non-hydrogen) atoms. The van der Waals surface area contributed by atoms with Crippen LogP contribution in [-0.2, 0) is 11.8 Å². The normalized spacial score (nSPS) is 12.1. The maximum absolute atomic E-state index is 12.3. The molecule has 0 bridgehead atoms. The molecule has 1 amide bonds. The van der Waals surface area contributed by atoms with Crippen molar-refractivity contribution in [3.8, 4) is 10.6 Å². The van der Waals surface area contributed by atoms with Gasteiger partial charge in [0.1, 0.15) is 5.69 Å². The van der Waals surface area contributed by atoms with E-state index in [0.29, 0.717) is 26.4 Å². The third-order valence-electron chi connectivity index (χ3n) is 4.39. The van der Waals surface area contributed by atoms with Gasteiger partial charge in [0.25, 0.3) is 11.5 Å². The lowest BCUT2D eigenvalue weighted by molar-refractivity contribution is -0.125. The van der Waals surface area contributed by atoms with Crippen molar-refractivity contribution in [2.24, 2.45) is 7.05 Å². The number of amides is 1. The molecule has 0 fully saturated rings. The Balaban J connectivity index is 1.61. The molecule has 11 nitrogen and oxygen atoms in total. The van der Waals surface area contributed by atoms with E-state index in [-0.39, 0.29) is 5.69 Å². The van der Waals surface area contributed by atoms with Gasteiger partial charge in [-0.3, -0.25) is 14.7 Å². The molecule has 4 rings (SSSR count). The number of benzene rings is 1. The molecule has 0 aliphatic heterocycles. The number of aromatic amines is 1. The van der Waals surface area contributed by atoms with Gasteiger partial charge in [-0.15, -0.1) is 10.2 Å². The van der Waals surface area contributed by atoms with Crippen LogP contribution in [0.1, 0.15) is 0 Å². The first-order valence-corrected chi connectivity index (χ1v) is 10.1. The summed E-state index contributed by atoms with van der Waals surface area (Å²) in [6, 6.07) is 5.05. The Hall–Kier alpha value is -3.32. The summed E-state index contributed by atoms with van der Waals surface area (Å²) in [5, 5.41) is 41.0. The Morgan fingerprint density at radius 3 is 2.94 bits per heavy atom. The summed E-state index contributed by atoms with van der Waals surface area (Å²) in [7, 11) is 1.52. The van der Waals surface area contributed by atoms with Gasteiger partial charge in [-0.25, -0.2) is 0 Å². The molecule has 160 valence electrons. The quantitative estimate of drug-likeness (QED) is 0.288. The molecule has 0 aliphatic rings. The number of halogens is 1. The van der Waals surface area contributed by atoms with E-state index in [1.54, 1.807) is 18.5 Å². The minimum absolute atomic E-state index is 0.0596. The van der Waals surface area contributed by atoms with Crippen LogP contribution in [0.2, 0.25) is 5.02 Å². The topological polar surface area (TPSA) is 158 Å². The first-order valence-electron chi connectivity index (χ1n) is 8.90. The average Bonchev–Trinajstić information content (AvgIpc) is 3.42. The van der Waals surface area contributed by atoms with Crippen LogP contribution in [0, 0.1) is 0 Å². The molecule has 0 saturated heterocycles. The summed E-state index contributed by atoms with van der Waals surface area (Å²) in [6.07, 6.45) is 1.54. The first-order chi connectivity index (χ1) is 14.9. The predicted molar refractivity (Wildman–Crippen MR) is 117 cm³/mol. The van der Waals surface area contributed by atoms with Gasteiger partial charge in [0, 0.05) is 24.2 Å². The third-order valence-corrected chi connectivity index (χ3v) is 5.68. The Labute approximate surface area is 183 Å². The summed E-state index contributed by atoms with van der Waals surface area (Å²) >= 11 is 7.64. The van der Waals surface area contributed by atoms with Crippen LogP contribution in [0.25, 0.3) is 21.5 Å². The van der Waals surface area contributed by atoms with Crippen LogP contribution >= 0.6 is 22.9 Å². The maximum Gasteiger partial charge on any atom is 0.274 e. The van der Waals surface area contributed by atoms with E-state index in [1.165, 1.54) is 29.0 Å². The van der Waals surface area contributed by atoms with E-state index in [1.807, 2.05) is 6.07 Å². The summed E-state index contributed by atoms with van der Waals surface area (Å²) < 4.78 is 1.27. The largest absolute Gasteiger partial charge is 0.393 e. The van der Waals surface area contributed by atoms with E-state index in [9.17, 15) is 14.7 Å². The number of nitrogens with one attached hydrogen (secondary N) is 3. The Morgan fingerprint density at radius 1 is 1.35 bits per heavy atom. The van der Waals surface area contributed by atoms with Crippen molar-refractivity contribution in [2.75, 3.05) is 17.2 Å². The van der Waals surface area contributed by atoms with E-state index in [0.717, 1.165) is 10.9 Å². The Morgan fingerprint density at radius 2 is 2.16 bits per heavy atom. The smallest absolute Gasteiger partial charge is 0.274 e. The van der Waals surface area contributed by atoms with Gasteiger partial charge in [-0.1, -0.05) is 22.9 Å². The number of nitrogens with zero attached hydrogens (tertiary/aromatic N) is 4. The lowest BCUT2D eigenvalue weighted by Gasteiger charge is -2.10. The van der Waals surface area contributed by atoms with Crippen LogP contribution in [0.4, 0.5) is 16.5 Å². The molecule has 13 heteroatoms. The van der Waals surface area contributed by atoms with Gasteiger partial charge in [0.2, 0.25) is 5.13 Å². The second-order valence-electron chi connectivity index (χ2n) is 6.54. The number of pyridine rings is 1. The van der Waals surface area contributed by atoms with Crippen molar-refractivity contribution in [1.82, 2.24) is 25.0 Å². The molecule has 0 aliphatic carbocycles. The van der Waals surface area contributed by atoms with Crippen LogP contribution in [0.3, 0.4) is 0 Å². The number of anilines is 3. The molecule has 1 unspecified atom stereocenters. The Bertz CT molecular complexity index is 1330. The zero-order valence-electron chi connectivity index (χ0n) is 16.0. The zero-order valence-corrected chi connectivity index (χ0v) is 17.5. The van der Waals surface area contributed by atoms with Crippen LogP contribution in [0.5, 0.6) is 0 Å². The lowest BCUT2D eigenvalue weighted by atomic mass is 10.2. The molecule has 0 radical (unpaired) electrons. The second-order valence-corrected chi connectivity index (χ2v) is 7.90. The highest BCUT2D eigenvalue weighted by Crippen LogP contribution is 2.34. The third kappa shape index (κ3) is 4.14. The first kappa shape index (κ1) is 20.9. The number of carbonyl (C=O) groups excluding carboxylic acids is 1. The molecule has 0 saturated carbocycles. The fourth-order valence-corrected chi connectivity index (χ4v) is 3.80. The van der Waals surface area contributed by atoms with Crippen molar-refractivity contribution in [3.63, 3.8) is 0 Å². The van der Waals surface area contributed by atoms with E-state index < -0.39 is 24.2 Å². The number of rotatable bonds is 6. The zero-order chi connectivity index (χ0) is 22.1. The average molecular weight is 462 g/mol. The number of aliphatic hydroxyl groups is 2. The van der Waals surface area contributed by atoms with Crippen LogP contribution in [-0.4, -0.2) is 53.8 Å². The van der Waals surface area contributed by atoms with Gasteiger partial charge in [0.05, 0.1) is 29.0 Å². The molecule has 5 N–H and O–H groups in total. The monoisotopic (exact) mass is 461 g/mol. The fraction of sp³-hybridized carbons (Fsp3) is 0.167. The van der Waals surface area contributed by atoms with Gasteiger partial charge in [-0.2, -0.15) is 5.10 Å².